The van der Waals surface area contributed by atoms with E-state index in [4.69, 9.17) is 9.47 Å². The smallest absolute Gasteiger partial charge is 0.411 e. The lowest BCUT2D eigenvalue weighted by Gasteiger charge is -2.39. The molecule has 0 saturated carbocycles. The van der Waals surface area contributed by atoms with Gasteiger partial charge in [-0.1, -0.05) is 72.8 Å². The number of halogens is 6. The van der Waals surface area contributed by atoms with Gasteiger partial charge >= 0.3 is 24.3 Å². The van der Waals surface area contributed by atoms with E-state index >= 15 is 0 Å². The summed E-state index contributed by atoms with van der Waals surface area (Å²) < 4.78 is 99.9. The Morgan fingerprint density at radius 2 is 0.769 bits per heavy atom. The van der Waals surface area contributed by atoms with Crippen molar-refractivity contribution in [3.8, 4) is 11.5 Å². The Hall–Kier alpha value is -4.60. The van der Waals surface area contributed by atoms with Crippen LogP contribution in [0.1, 0.15) is 31.8 Å². The van der Waals surface area contributed by atoms with Gasteiger partial charge in [0.15, 0.2) is 0 Å². The largest absolute Gasteiger partial charge is 0.423 e. The van der Waals surface area contributed by atoms with Crippen molar-refractivity contribution in [3.63, 3.8) is 0 Å². The Labute approximate surface area is 218 Å². The average Bonchev–Trinajstić information content (AvgIpc) is 2.89. The zero-order valence-electron chi connectivity index (χ0n) is 19.8. The molecule has 4 nitrogen and oxygen atoms in total. The minimum atomic E-state index is -6.07. The molecule has 0 bridgehead atoms. The van der Waals surface area contributed by atoms with E-state index in [0.717, 1.165) is 36.4 Å². The first-order valence-corrected chi connectivity index (χ1v) is 11.3. The van der Waals surface area contributed by atoms with E-state index in [-0.39, 0.29) is 11.5 Å². The van der Waals surface area contributed by atoms with Crippen LogP contribution < -0.4 is 9.47 Å². The second-order valence-corrected chi connectivity index (χ2v) is 8.24. The summed E-state index contributed by atoms with van der Waals surface area (Å²) in [5.41, 5.74) is -9.68. The van der Waals surface area contributed by atoms with Crippen molar-refractivity contribution < 1.29 is 45.4 Å². The summed E-state index contributed by atoms with van der Waals surface area (Å²) in [6.07, 6.45) is -12.1. The molecule has 0 unspecified atom stereocenters. The zero-order valence-corrected chi connectivity index (χ0v) is 19.8. The van der Waals surface area contributed by atoms with Crippen LogP contribution in [-0.2, 0) is 5.41 Å². The Morgan fingerprint density at radius 1 is 0.462 bits per heavy atom. The minimum absolute atomic E-state index is 0.0891. The normalized spacial score (nSPS) is 12.1. The van der Waals surface area contributed by atoms with E-state index in [0.29, 0.717) is 12.1 Å². The first-order chi connectivity index (χ1) is 18.5. The summed E-state index contributed by atoms with van der Waals surface area (Å²) >= 11 is 0. The maximum Gasteiger partial charge on any atom is 0.411 e. The standard InChI is InChI=1S/C29H18F6O4/c30-28(31,32)27(29(33,34)35,23-17-9-7-15-21(23)25(36)38-19-11-3-1-4-12-19)24-18-10-8-16-22(24)26(37)39-20-13-5-2-6-14-20/h1-18H. The van der Waals surface area contributed by atoms with E-state index in [1.165, 1.54) is 48.5 Å². The van der Waals surface area contributed by atoms with E-state index in [9.17, 15) is 35.9 Å². The van der Waals surface area contributed by atoms with Crippen molar-refractivity contribution in [2.45, 2.75) is 17.8 Å². The molecule has 0 spiro atoms. The third-order valence-electron chi connectivity index (χ3n) is 5.86. The van der Waals surface area contributed by atoms with Crippen LogP contribution in [0, 0.1) is 0 Å². The Morgan fingerprint density at radius 3 is 1.10 bits per heavy atom. The maximum absolute atomic E-state index is 15.0. The fourth-order valence-electron chi connectivity index (χ4n) is 4.19. The summed E-state index contributed by atoms with van der Waals surface area (Å²) in [5, 5.41) is 0. The molecule has 39 heavy (non-hydrogen) atoms. The molecule has 0 amide bonds. The van der Waals surface area contributed by atoms with Gasteiger partial charge in [0, 0.05) is 0 Å². The average molecular weight is 544 g/mol. The molecule has 0 radical (unpaired) electrons. The molecule has 4 rings (SSSR count). The minimum Gasteiger partial charge on any atom is -0.423 e. The molecular weight excluding hydrogens is 526 g/mol. The molecule has 4 aromatic rings. The van der Waals surface area contributed by atoms with Gasteiger partial charge in [0.25, 0.3) is 0 Å². The quantitative estimate of drug-likeness (QED) is 0.143. The van der Waals surface area contributed by atoms with Gasteiger partial charge in [-0.2, -0.15) is 26.3 Å². The van der Waals surface area contributed by atoms with Crippen molar-refractivity contribution in [1.29, 1.82) is 0 Å². The van der Waals surface area contributed by atoms with Gasteiger partial charge in [-0.25, -0.2) is 9.59 Å². The highest BCUT2D eigenvalue weighted by atomic mass is 19.4. The van der Waals surface area contributed by atoms with Crippen LogP contribution in [0.4, 0.5) is 26.3 Å². The molecule has 0 aromatic heterocycles. The van der Waals surface area contributed by atoms with Gasteiger partial charge < -0.3 is 9.47 Å². The molecule has 200 valence electrons. The molecule has 0 atom stereocenters. The highest BCUT2D eigenvalue weighted by Crippen LogP contribution is 2.57. The van der Waals surface area contributed by atoms with Crippen molar-refractivity contribution in [3.05, 3.63) is 131 Å². The van der Waals surface area contributed by atoms with Crippen LogP contribution in [0.3, 0.4) is 0 Å². The van der Waals surface area contributed by atoms with Crippen LogP contribution in [0.5, 0.6) is 11.5 Å². The zero-order chi connectivity index (χ0) is 28.3. The lowest BCUT2D eigenvalue weighted by molar-refractivity contribution is -0.288. The fourth-order valence-corrected chi connectivity index (χ4v) is 4.19. The summed E-state index contributed by atoms with van der Waals surface area (Å²) in [7, 11) is 0. The second-order valence-electron chi connectivity index (χ2n) is 8.24. The number of para-hydroxylation sites is 2. The van der Waals surface area contributed by atoms with Gasteiger partial charge in [-0.3, -0.25) is 0 Å². The fraction of sp³-hybridized carbons (Fsp3) is 0.103. The van der Waals surface area contributed by atoms with Crippen molar-refractivity contribution >= 4 is 11.9 Å². The topological polar surface area (TPSA) is 52.6 Å². The molecule has 0 saturated heterocycles. The van der Waals surface area contributed by atoms with E-state index in [1.807, 2.05) is 0 Å². The highest BCUT2D eigenvalue weighted by molar-refractivity contribution is 5.96. The van der Waals surface area contributed by atoms with Gasteiger partial charge in [-0.05, 0) is 47.5 Å². The predicted octanol–water partition coefficient (Wildman–Crippen LogP) is 7.54. The second kappa shape index (κ2) is 10.6. The number of benzene rings is 4. The van der Waals surface area contributed by atoms with Crippen LogP contribution in [0.15, 0.2) is 109 Å². The Bertz CT molecular complexity index is 1350. The summed E-state index contributed by atoms with van der Waals surface area (Å²) in [6.45, 7) is 0. The maximum atomic E-state index is 15.0. The monoisotopic (exact) mass is 544 g/mol. The summed E-state index contributed by atoms with van der Waals surface area (Å²) in [6, 6.07) is 21.1. The molecule has 0 aliphatic heterocycles. The van der Waals surface area contributed by atoms with Crippen LogP contribution >= 0.6 is 0 Å². The molecule has 0 aliphatic carbocycles. The number of hydrogen-bond acceptors (Lipinski definition) is 4. The lowest BCUT2D eigenvalue weighted by atomic mass is 9.69. The first kappa shape index (κ1) is 27.4. The number of rotatable bonds is 6. The van der Waals surface area contributed by atoms with Crippen molar-refractivity contribution in [1.82, 2.24) is 0 Å². The van der Waals surface area contributed by atoms with E-state index in [1.54, 1.807) is 12.1 Å². The Balaban J connectivity index is 1.96. The molecule has 0 heterocycles. The van der Waals surface area contributed by atoms with Gasteiger partial charge in [0.2, 0.25) is 5.41 Å². The third-order valence-corrected chi connectivity index (χ3v) is 5.86. The number of ether oxygens (including phenoxy) is 2. The van der Waals surface area contributed by atoms with Crippen LogP contribution in [-0.4, -0.2) is 24.3 Å². The summed E-state index contributed by atoms with van der Waals surface area (Å²) in [5.74, 6) is -3.07. The lowest BCUT2D eigenvalue weighted by Crippen LogP contribution is -2.56. The van der Waals surface area contributed by atoms with Crippen molar-refractivity contribution in [2.24, 2.45) is 0 Å². The van der Waals surface area contributed by atoms with E-state index in [2.05, 4.69) is 0 Å². The highest BCUT2D eigenvalue weighted by Gasteiger charge is 2.74. The molecule has 0 fully saturated rings. The number of hydrogen-bond donors (Lipinski definition) is 0. The summed E-state index contributed by atoms with van der Waals surface area (Å²) in [4.78, 5) is 26.0. The van der Waals surface area contributed by atoms with Gasteiger partial charge in [0.1, 0.15) is 11.5 Å². The number of carbonyl (C=O) groups excluding carboxylic acids is 2. The Kier molecular flexibility index (Phi) is 7.49. The number of carbonyl (C=O) groups is 2. The molecule has 0 N–H and O–H groups in total. The SMILES string of the molecule is O=C(Oc1ccccc1)c1ccccc1C(c1ccccc1C(=O)Oc1ccccc1)(C(F)(F)F)C(F)(F)F. The van der Waals surface area contributed by atoms with Gasteiger partial charge in [0.05, 0.1) is 11.1 Å². The first-order valence-electron chi connectivity index (χ1n) is 11.3. The molecule has 4 aromatic carbocycles. The molecule has 0 aliphatic rings. The molecule has 10 heteroatoms. The number of alkyl halides is 6. The predicted molar refractivity (Wildman–Crippen MR) is 129 cm³/mol. The third kappa shape index (κ3) is 5.22. The van der Waals surface area contributed by atoms with Gasteiger partial charge in [-0.15, -0.1) is 0 Å². The van der Waals surface area contributed by atoms with Crippen LogP contribution in [0.2, 0.25) is 0 Å². The molecular formula is C29H18F6O4. The van der Waals surface area contributed by atoms with Crippen molar-refractivity contribution in [2.75, 3.05) is 0 Å². The van der Waals surface area contributed by atoms with E-state index < -0.39 is 52.0 Å². The number of esters is 2. The van der Waals surface area contributed by atoms with Crippen LogP contribution in [0.25, 0.3) is 0 Å².